The third-order valence-electron chi connectivity index (χ3n) is 5.35. The number of ether oxygens (including phenoxy) is 1. The van der Waals surface area contributed by atoms with Gasteiger partial charge >= 0.3 is 0 Å². The Bertz CT molecular complexity index is 1340. The van der Waals surface area contributed by atoms with Crippen molar-refractivity contribution in [2.24, 2.45) is 4.99 Å². The number of aryl methyl sites for hydroxylation is 4. The summed E-state index contributed by atoms with van der Waals surface area (Å²) < 4.78 is 5.50. The molecule has 1 saturated heterocycles. The molecule has 180 valence electrons. The number of carbonyl (C=O) groups excluding carboxylic acids is 1. The van der Waals surface area contributed by atoms with Crippen LogP contribution < -0.4 is 9.64 Å². The first-order valence-electron chi connectivity index (χ1n) is 11.3. The van der Waals surface area contributed by atoms with Gasteiger partial charge in [0.15, 0.2) is 16.7 Å². The molecule has 1 amide bonds. The Morgan fingerprint density at radius 3 is 2.17 bits per heavy atom. The second-order valence-corrected chi connectivity index (χ2v) is 10.0. The average molecular weight is 507 g/mol. The van der Waals surface area contributed by atoms with Gasteiger partial charge in [-0.05, 0) is 117 Å². The quantitative estimate of drug-likeness (QED) is 0.364. The maximum absolute atomic E-state index is 13.7. The third kappa shape index (κ3) is 5.55. The largest absolute Gasteiger partial charge is 0.503 e. The number of rotatable bonds is 5. The molecule has 3 aromatic carbocycles. The zero-order valence-electron chi connectivity index (χ0n) is 20.3. The standard InChI is InChI=1S/C28H27ClN2O3S/c1-6-34-24-14-20(13-23(29)26(24)32)15-25-27(33)31(22-11-18(4)8-19(5)12-22)28(35-25)30-21-9-16(2)7-17(3)10-21/h7-15,32H,6H2,1-5H3/b25-15-,30-28?. The number of aromatic hydroxyl groups is 1. The number of amidine groups is 1. The van der Waals surface area contributed by atoms with Gasteiger partial charge in [0.25, 0.3) is 5.91 Å². The number of thioether (sulfide) groups is 1. The lowest BCUT2D eigenvalue weighted by Crippen LogP contribution is -2.28. The van der Waals surface area contributed by atoms with E-state index >= 15 is 0 Å². The van der Waals surface area contributed by atoms with Crippen molar-refractivity contribution >= 4 is 51.9 Å². The highest BCUT2D eigenvalue weighted by molar-refractivity contribution is 8.19. The predicted octanol–water partition coefficient (Wildman–Crippen LogP) is 7.49. The fourth-order valence-corrected chi connectivity index (χ4v) is 5.30. The number of hydrogen-bond acceptors (Lipinski definition) is 5. The van der Waals surface area contributed by atoms with Crippen molar-refractivity contribution in [1.82, 2.24) is 0 Å². The van der Waals surface area contributed by atoms with Gasteiger partial charge < -0.3 is 9.84 Å². The van der Waals surface area contributed by atoms with Gasteiger partial charge in [0, 0.05) is 0 Å². The predicted molar refractivity (Wildman–Crippen MR) is 146 cm³/mol. The number of anilines is 1. The molecule has 4 rings (SSSR count). The molecular formula is C28H27ClN2O3S. The topological polar surface area (TPSA) is 62.1 Å². The van der Waals surface area contributed by atoms with Crippen LogP contribution in [0.25, 0.3) is 6.08 Å². The fraction of sp³-hybridized carbons (Fsp3) is 0.214. The second kappa shape index (κ2) is 10.2. The van der Waals surface area contributed by atoms with Crippen LogP contribution in [0.1, 0.15) is 34.7 Å². The second-order valence-electron chi connectivity index (χ2n) is 8.62. The van der Waals surface area contributed by atoms with E-state index in [1.54, 1.807) is 23.1 Å². The molecule has 0 unspecified atom stereocenters. The Labute approximate surface area is 215 Å². The van der Waals surface area contributed by atoms with Crippen LogP contribution in [0.5, 0.6) is 11.5 Å². The Morgan fingerprint density at radius 2 is 1.57 bits per heavy atom. The number of amides is 1. The monoisotopic (exact) mass is 506 g/mol. The van der Waals surface area contributed by atoms with Crippen LogP contribution in [-0.2, 0) is 4.79 Å². The normalized spacial score (nSPS) is 15.9. The summed E-state index contributed by atoms with van der Waals surface area (Å²) in [4.78, 5) is 20.7. The summed E-state index contributed by atoms with van der Waals surface area (Å²) >= 11 is 7.52. The van der Waals surface area contributed by atoms with E-state index in [9.17, 15) is 9.90 Å². The van der Waals surface area contributed by atoms with Crippen LogP contribution in [0, 0.1) is 27.7 Å². The van der Waals surface area contributed by atoms with Gasteiger partial charge in [-0.3, -0.25) is 9.69 Å². The highest BCUT2D eigenvalue weighted by Gasteiger charge is 2.35. The van der Waals surface area contributed by atoms with Crippen LogP contribution in [0.4, 0.5) is 11.4 Å². The molecule has 0 saturated carbocycles. The first kappa shape index (κ1) is 24.9. The van der Waals surface area contributed by atoms with Crippen LogP contribution in [0.2, 0.25) is 5.02 Å². The molecule has 0 radical (unpaired) electrons. The fourth-order valence-electron chi connectivity index (χ4n) is 4.08. The minimum Gasteiger partial charge on any atom is -0.503 e. The summed E-state index contributed by atoms with van der Waals surface area (Å²) in [6.07, 6.45) is 1.75. The minimum atomic E-state index is -0.176. The highest BCUT2D eigenvalue weighted by Crippen LogP contribution is 2.40. The Hall–Kier alpha value is -3.22. The lowest BCUT2D eigenvalue weighted by Gasteiger charge is -2.17. The van der Waals surface area contributed by atoms with Crippen molar-refractivity contribution in [2.75, 3.05) is 11.5 Å². The summed E-state index contributed by atoms with van der Waals surface area (Å²) in [6, 6.07) is 15.4. The average Bonchev–Trinajstić information content (AvgIpc) is 3.04. The Balaban J connectivity index is 1.83. The van der Waals surface area contributed by atoms with Crippen molar-refractivity contribution in [3.63, 3.8) is 0 Å². The number of benzene rings is 3. The molecule has 7 heteroatoms. The molecule has 1 aliphatic heterocycles. The molecule has 0 bridgehead atoms. The number of aliphatic imine (C=N–C) groups is 1. The van der Waals surface area contributed by atoms with E-state index in [4.69, 9.17) is 21.3 Å². The summed E-state index contributed by atoms with van der Waals surface area (Å²) in [6.45, 7) is 10.3. The van der Waals surface area contributed by atoms with Crippen molar-refractivity contribution < 1.29 is 14.6 Å². The number of phenolic OH excluding ortho intramolecular Hbond substituents is 1. The molecule has 1 N–H and O–H groups in total. The van der Waals surface area contributed by atoms with Crippen LogP contribution in [-0.4, -0.2) is 22.8 Å². The summed E-state index contributed by atoms with van der Waals surface area (Å²) in [7, 11) is 0. The van der Waals surface area contributed by atoms with Crippen LogP contribution in [0.15, 0.2) is 58.4 Å². The van der Waals surface area contributed by atoms with Crippen molar-refractivity contribution in [3.8, 4) is 11.5 Å². The lowest BCUT2D eigenvalue weighted by molar-refractivity contribution is -0.113. The lowest BCUT2D eigenvalue weighted by atomic mass is 10.1. The molecule has 0 aromatic heterocycles. The molecule has 0 aliphatic carbocycles. The van der Waals surface area contributed by atoms with Gasteiger partial charge in [-0.15, -0.1) is 0 Å². The first-order chi connectivity index (χ1) is 16.6. The molecule has 3 aromatic rings. The smallest absolute Gasteiger partial charge is 0.271 e. The molecule has 0 spiro atoms. The molecule has 5 nitrogen and oxygen atoms in total. The Morgan fingerprint density at radius 1 is 0.971 bits per heavy atom. The van der Waals surface area contributed by atoms with Crippen molar-refractivity contribution in [3.05, 3.63) is 86.3 Å². The van der Waals surface area contributed by atoms with E-state index < -0.39 is 0 Å². The zero-order valence-corrected chi connectivity index (χ0v) is 21.9. The van der Waals surface area contributed by atoms with E-state index in [1.807, 2.05) is 58.9 Å². The van der Waals surface area contributed by atoms with Gasteiger partial charge in [-0.2, -0.15) is 0 Å². The molecular weight excluding hydrogens is 480 g/mol. The van der Waals surface area contributed by atoms with Crippen LogP contribution in [0.3, 0.4) is 0 Å². The third-order valence-corrected chi connectivity index (χ3v) is 6.61. The molecule has 1 heterocycles. The van der Waals surface area contributed by atoms with Gasteiger partial charge in [-0.1, -0.05) is 23.7 Å². The summed E-state index contributed by atoms with van der Waals surface area (Å²) in [5.41, 5.74) is 6.55. The number of phenols is 1. The maximum Gasteiger partial charge on any atom is 0.271 e. The molecule has 0 atom stereocenters. The van der Waals surface area contributed by atoms with Crippen molar-refractivity contribution in [2.45, 2.75) is 34.6 Å². The molecule has 35 heavy (non-hydrogen) atoms. The minimum absolute atomic E-state index is 0.116. The number of carbonyl (C=O) groups is 1. The van der Waals surface area contributed by atoms with Gasteiger partial charge in [0.05, 0.1) is 27.9 Å². The Kier molecular flexibility index (Phi) is 7.24. The summed E-state index contributed by atoms with van der Waals surface area (Å²) in [5, 5.41) is 10.9. The van der Waals surface area contributed by atoms with Crippen LogP contribution >= 0.6 is 23.4 Å². The number of nitrogens with zero attached hydrogens (tertiary/aromatic N) is 2. The van der Waals surface area contributed by atoms with Crippen molar-refractivity contribution in [1.29, 1.82) is 0 Å². The van der Waals surface area contributed by atoms with E-state index in [-0.39, 0.29) is 22.4 Å². The highest BCUT2D eigenvalue weighted by atomic mass is 35.5. The molecule has 1 fully saturated rings. The first-order valence-corrected chi connectivity index (χ1v) is 12.5. The van der Waals surface area contributed by atoms with E-state index in [1.165, 1.54) is 11.8 Å². The van der Waals surface area contributed by atoms with E-state index in [0.717, 1.165) is 33.6 Å². The number of hydrogen-bond donors (Lipinski definition) is 1. The number of halogens is 1. The van der Waals surface area contributed by atoms with Gasteiger partial charge in [0.2, 0.25) is 0 Å². The summed E-state index contributed by atoms with van der Waals surface area (Å²) in [5.74, 6) is -0.0159. The SMILES string of the molecule is CCOc1cc(/C=C2\SC(=Nc3cc(C)cc(C)c3)N(c3cc(C)cc(C)c3)C2=O)cc(Cl)c1O. The maximum atomic E-state index is 13.7. The van der Waals surface area contributed by atoms with E-state index in [2.05, 4.69) is 12.1 Å². The van der Waals surface area contributed by atoms with E-state index in [0.29, 0.717) is 22.2 Å². The molecule has 1 aliphatic rings. The van der Waals surface area contributed by atoms with Gasteiger partial charge in [0.1, 0.15) is 0 Å². The van der Waals surface area contributed by atoms with Gasteiger partial charge in [-0.25, -0.2) is 4.99 Å². The zero-order chi connectivity index (χ0) is 25.3.